The molecule has 0 amide bonds. The van der Waals surface area contributed by atoms with Crippen molar-refractivity contribution in [3.63, 3.8) is 0 Å². The first kappa shape index (κ1) is 16.9. The molecule has 104 valence electrons. The van der Waals surface area contributed by atoms with E-state index in [1.54, 1.807) is 0 Å². The largest absolute Gasteiger partial charge is 0.330 e. The minimum absolute atomic E-state index is 0.302. The van der Waals surface area contributed by atoms with Crippen molar-refractivity contribution in [1.82, 2.24) is 5.32 Å². The van der Waals surface area contributed by atoms with Gasteiger partial charge in [-0.2, -0.15) is 0 Å². The van der Waals surface area contributed by atoms with Crippen LogP contribution in [0, 0.1) is 0 Å². The monoisotopic (exact) mass is 243 g/mol. The summed E-state index contributed by atoms with van der Waals surface area (Å²) in [7, 11) is 0. The molecule has 0 spiro atoms. The van der Waals surface area contributed by atoms with Gasteiger partial charge in [-0.15, -0.1) is 0 Å². The van der Waals surface area contributed by atoms with E-state index in [0.29, 0.717) is 12.6 Å². The third-order valence-electron chi connectivity index (χ3n) is 3.17. The number of rotatable bonds is 13. The van der Waals surface area contributed by atoms with E-state index < -0.39 is 0 Å². The Balaban J connectivity index is 2.98. The molecule has 5 N–H and O–H groups in total. The highest BCUT2D eigenvalue weighted by molar-refractivity contribution is 4.62. The second kappa shape index (κ2) is 13.9. The molecular formula is C14H33N3. The van der Waals surface area contributed by atoms with Gasteiger partial charge in [0.1, 0.15) is 0 Å². The molecule has 0 saturated carbocycles. The molecule has 0 aliphatic carbocycles. The number of unbranched alkanes of at least 4 members (excludes halogenated alkanes) is 5. The van der Waals surface area contributed by atoms with Crippen molar-refractivity contribution in [2.24, 2.45) is 11.5 Å². The fourth-order valence-electron chi connectivity index (χ4n) is 2.00. The van der Waals surface area contributed by atoms with Crippen molar-refractivity contribution >= 4 is 0 Å². The highest BCUT2D eigenvalue weighted by Gasteiger charge is 1.99. The lowest BCUT2D eigenvalue weighted by atomic mass is 10.1. The molecule has 0 radical (unpaired) electrons. The molecule has 0 aromatic rings. The van der Waals surface area contributed by atoms with Crippen molar-refractivity contribution in [3.05, 3.63) is 0 Å². The van der Waals surface area contributed by atoms with E-state index >= 15 is 0 Å². The van der Waals surface area contributed by atoms with E-state index in [1.165, 1.54) is 44.9 Å². The number of hydrogen-bond donors (Lipinski definition) is 3. The Bertz CT molecular complexity index is 139. The lowest BCUT2D eigenvalue weighted by molar-refractivity contribution is 0.516. The molecule has 17 heavy (non-hydrogen) atoms. The molecule has 3 nitrogen and oxygen atoms in total. The standard InChI is InChI=1S/C14H33N3/c1-2-3-4-5-6-7-12-17-13-8-9-14(16)10-11-15/h14,17H,2-13,15-16H2,1H3. The first-order valence-corrected chi connectivity index (χ1v) is 7.47. The number of nitrogens with two attached hydrogens (primary N) is 2. The smallest absolute Gasteiger partial charge is 0.00513 e. The first-order chi connectivity index (χ1) is 8.31. The molecule has 0 rings (SSSR count). The second-order valence-corrected chi connectivity index (χ2v) is 5.00. The van der Waals surface area contributed by atoms with Crippen molar-refractivity contribution in [2.75, 3.05) is 19.6 Å². The average molecular weight is 243 g/mol. The highest BCUT2D eigenvalue weighted by Crippen LogP contribution is 2.04. The van der Waals surface area contributed by atoms with Crippen molar-refractivity contribution < 1.29 is 0 Å². The molecule has 0 aromatic heterocycles. The van der Waals surface area contributed by atoms with Crippen LogP contribution in [-0.2, 0) is 0 Å². The maximum absolute atomic E-state index is 5.89. The van der Waals surface area contributed by atoms with Crippen molar-refractivity contribution in [1.29, 1.82) is 0 Å². The summed E-state index contributed by atoms with van der Waals surface area (Å²) in [4.78, 5) is 0. The summed E-state index contributed by atoms with van der Waals surface area (Å²) in [5.41, 5.74) is 11.3. The molecule has 0 fully saturated rings. The Morgan fingerprint density at radius 1 is 0.882 bits per heavy atom. The summed E-state index contributed by atoms with van der Waals surface area (Å²) in [6.07, 6.45) is 11.5. The zero-order valence-corrected chi connectivity index (χ0v) is 11.7. The molecule has 0 saturated heterocycles. The van der Waals surface area contributed by atoms with E-state index in [1.807, 2.05) is 0 Å². The number of nitrogens with one attached hydrogen (secondary N) is 1. The zero-order chi connectivity index (χ0) is 12.8. The molecular weight excluding hydrogens is 210 g/mol. The lowest BCUT2D eigenvalue weighted by Crippen LogP contribution is -2.25. The van der Waals surface area contributed by atoms with Crippen LogP contribution in [0.4, 0.5) is 0 Å². The zero-order valence-electron chi connectivity index (χ0n) is 11.7. The highest BCUT2D eigenvalue weighted by atomic mass is 14.8. The molecule has 3 heteroatoms. The first-order valence-electron chi connectivity index (χ1n) is 7.47. The van der Waals surface area contributed by atoms with Gasteiger partial charge in [0, 0.05) is 6.04 Å². The average Bonchev–Trinajstić information content (AvgIpc) is 2.32. The topological polar surface area (TPSA) is 64.1 Å². The Morgan fingerprint density at radius 3 is 2.24 bits per heavy atom. The molecule has 0 aromatic carbocycles. The van der Waals surface area contributed by atoms with Crippen LogP contribution in [0.15, 0.2) is 0 Å². The minimum Gasteiger partial charge on any atom is -0.330 e. The van der Waals surface area contributed by atoms with E-state index in [4.69, 9.17) is 11.5 Å². The summed E-state index contributed by atoms with van der Waals surface area (Å²) in [6.45, 7) is 5.24. The van der Waals surface area contributed by atoms with Crippen LogP contribution >= 0.6 is 0 Å². The van der Waals surface area contributed by atoms with Crippen LogP contribution in [0.25, 0.3) is 0 Å². The van der Waals surface area contributed by atoms with Gasteiger partial charge < -0.3 is 16.8 Å². The fraction of sp³-hybridized carbons (Fsp3) is 1.00. The fourth-order valence-corrected chi connectivity index (χ4v) is 2.00. The van der Waals surface area contributed by atoms with Gasteiger partial charge >= 0.3 is 0 Å². The minimum atomic E-state index is 0.302. The summed E-state index contributed by atoms with van der Waals surface area (Å²) in [5, 5.41) is 3.49. The van der Waals surface area contributed by atoms with Crippen LogP contribution in [0.3, 0.4) is 0 Å². The SMILES string of the molecule is CCCCCCCCNCCCC(N)CCN. The van der Waals surface area contributed by atoms with Gasteiger partial charge in [-0.3, -0.25) is 0 Å². The van der Waals surface area contributed by atoms with Gasteiger partial charge in [-0.1, -0.05) is 39.0 Å². The van der Waals surface area contributed by atoms with Gasteiger partial charge in [-0.05, 0) is 45.3 Å². The van der Waals surface area contributed by atoms with Crippen LogP contribution in [0.5, 0.6) is 0 Å². The lowest BCUT2D eigenvalue weighted by Gasteiger charge is -2.10. The van der Waals surface area contributed by atoms with Crippen molar-refractivity contribution in [2.45, 2.75) is 70.8 Å². The van der Waals surface area contributed by atoms with Gasteiger partial charge in [0.15, 0.2) is 0 Å². The van der Waals surface area contributed by atoms with Gasteiger partial charge in [0.05, 0.1) is 0 Å². The normalized spacial score (nSPS) is 12.9. The van der Waals surface area contributed by atoms with Gasteiger partial charge in [-0.25, -0.2) is 0 Å². The van der Waals surface area contributed by atoms with Crippen LogP contribution < -0.4 is 16.8 Å². The molecule has 1 atom stereocenters. The van der Waals surface area contributed by atoms with E-state index in [9.17, 15) is 0 Å². The van der Waals surface area contributed by atoms with E-state index in [-0.39, 0.29) is 0 Å². The molecule has 0 aliphatic rings. The van der Waals surface area contributed by atoms with E-state index in [0.717, 1.165) is 25.9 Å². The Morgan fingerprint density at radius 2 is 1.53 bits per heavy atom. The van der Waals surface area contributed by atoms with Crippen molar-refractivity contribution in [3.8, 4) is 0 Å². The molecule has 1 unspecified atom stereocenters. The maximum Gasteiger partial charge on any atom is 0.00513 e. The van der Waals surface area contributed by atoms with E-state index in [2.05, 4.69) is 12.2 Å². The molecule has 0 heterocycles. The van der Waals surface area contributed by atoms with Gasteiger partial charge in [0.25, 0.3) is 0 Å². The second-order valence-electron chi connectivity index (χ2n) is 5.00. The summed E-state index contributed by atoms with van der Waals surface area (Å²) < 4.78 is 0. The third kappa shape index (κ3) is 13.8. The predicted molar refractivity (Wildman–Crippen MR) is 77.1 cm³/mol. The Kier molecular flexibility index (Phi) is 13.8. The summed E-state index contributed by atoms with van der Waals surface area (Å²) in [6, 6.07) is 0.302. The molecule has 0 aliphatic heterocycles. The predicted octanol–water partition coefficient (Wildman–Crippen LogP) is 2.39. The Hall–Kier alpha value is -0.120. The maximum atomic E-state index is 5.89. The van der Waals surface area contributed by atoms with Crippen LogP contribution in [0.1, 0.15) is 64.7 Å². The van der Waals surface area contributed by atoms with Crippen LogP contribution in [0.2, 0.25) is 0 Å². The van der Waals surface area contributed by atoms with Gasteiger partial charge in [0.2, 0.25) is 0 Å². The van der Waals surface area contributed by atoms with Crippen LogP contribution in [-0.4, -0.2) is 25.7 Å². The number of hydrogen-bond acceptors (Lipinski definition) is 3. The third-order valence-corrected chi connectivity index (χ3v) is 3.17. The quantitative estimate of drug-likeness (QED) is 0.435. The Labute approximate surface area is 108 Å². The molecule has 0 bridgehead atoms. The summed E-state index contributed by atoms with van der Waals surface area (Å²) >= 11 is 0. The summed E-state index contributed by atoms with van der Waals surface area (Å²) in [5.74, 6) is 0.